The van der Waals surface area contributed by atoms with Crippen LogP contribution in [0.15, 0.2) is 55.0 Å². The molecule has 0 spiro atoms. The molecular weight excluding hydrogens is 496 g/mol. The number of hydrogen-bond acceptors (Lipinski definition) is 8. The topological polar surface area (TPSA) is 126 Å². The molecule has 4 N–H and O–H groups in total. The van der Waals surface area contributed by atoms with Gasteiger partial charge in [0.15, 0.2) is 11.6 Å². The number of carbonyl (C=O) groups is 1. The second kappa shape index (κ2) is 11.9. The predicted octanol–water partition coefficient (Wildman–Crippen LogP) is 3.47. The number of halogens is 2. The van der Waals surface area contributed by atoms with Crippen molar-refractivity contribution in [3.63, 3.8) is 0 Å². The van der Waals surface area contributed by atoms with Gasteiger partial charge in [-0.05, 0) is 24.3 Å². The highest BCUT2D eigenvalue weighted by atomic mass is 19.2. The van der Waals surface area contributed by atoms with E-state index in [-0.39, 0.29) is 24.3 Å². The Hall–Kier alpha value is -4.16. The standard InChI is InChI=1S/C26H29F2N7O3/c1-26(2,16-36)15-29-8-9-38-19-7-6-17-11-30-25(34-22(17)10-19)32-18-12-31-35(13-18)14-23(37)33-21-5-3-4-20(27)24(21)28/h3-7,10-13,29,36H,8-9,14-16H2,1-2H3,(H,33,37)(H,30,32,34). The maximum absolute atomic E-state index is 13.8. The van der Waals surface area contributed by atoms with Gasteiger partial charge in [0.1, 0.15) is 18.9 Å². The number of nitrogens with zero attached hydrogens (tertiary/aromatic N) is 4. The number of aliphatic hydroxyl groups excluding tert-OH is 1. The van der Waals surface area contributed by atoms with Crippen molar-refractivity contribution in [2.45, 2.75) is 20.4 Å². The number of fused-ring (bicyclic) bond motifs is 1. The minimum absolute atomic E-state index is 0.107. The van der Waals surface area contributed by atoms with Crippen molar-refractivity contribution in [1.82, 2.24) is 25.1 Å². The summed E-state index contributed by atoms with van der Waals surface area (Å²) in [6.45, 7) is 5.64. The molecule has 0 aliphatic heterocycles. The highest BCUT2D eigenvalue weighted by Crippen LogP contribution is 2.21. The zero-order valence-corrected chi connectivity index (χ0v) is 21.0. The van der Waals surface area contributed by atoms with Crippen LogP contribution in [0, 0.1) is 17.0 Å². The molecule has 2 aromatic carbocycles. The summed E-state index contributed by atoms with van der Waals surface area (Å²) in [5.41, 5.74) is 0.793. The van der Waals surface area contributed by atoms with Gasteiger partial charge in [0, 0.05) is 49.0 Å². The molecule has 10 nitrogen and oxygen atoms in total. The third-order valence-electron chi connectivity index (χ3n) is 5.55. The summed E-state index contributed by atoms with van der Waals surface area (Å²) < 4.78 is 34.3. The van der Waals surface area contributed by atoms with Crippen LogP contribution in [-0.4, -0.2) is 57.1 Å². The van der Waals surface area contributed by atoms with Crippen LogP contribution in [0.4, 0.5) is 26.1 Å². The number of carbonyl (C=O) groups excluding carboxylic acids is 1. The minimum atomic E-state index is -1.12. The highest BCUT2D eigenvalue weighted by Gasteiger charge is 2.15. The Balaban J connectivity index is 1.32. The van der Waals surface area contributed by atoms with Crippen LogP contribution in [0.3, 0.4) is 0 Å². The summed E-state index contributed by atoms with van der Waals surface area (Å²) in [5, 5.41) is 22.9. The Kier molecular flexibility index (Phi) is 8.44. The summed E-state index contributed by atoms with van der Waals surface area (Å²) in [6.07, 6.45) is 4.74. The summed E-state index contributed by atoms with van der Waals surface area (Å²) in [4.78, 5) is 21.1. The fourth-order valence-electron chi connectivity index (χ4n) is 3.46. The van der Waals surface area contributed by atoms with Crippen LogP contribution in [0.25, 0.3) is 10.9 Å². The number of benzene rings is 2. The lowest BCUT2D eigenvalue weighted by molar-refractivity contribution is -0.116. The molecule has 2 heterocycles. The first-order valence-electron chi connectivity index (χ1n) is 12.0. The quantitative estimate of drug-likeness (QED) is 0.207. The lowest BCUT2D eigenvalue weighted by Crippen LogP contribution is -2.34. The van der Waals surface area contributed by atoms with Crippen molar-refractivity contribution < 1.29 is 23.4 Å². The minimum Gasteiger partial charge on any atom is -0.492 e. The summed E-state index contributed by atoms with van der Waals surface area (Å²) in [7, 11) is 0. The van der Waals surface area contributed by atoms with E-state index in [2.05, 4.69) is 31.0 Å². The smallest absolute Gasteiger partial charge is 0.246 e. The molecular formula is C26H29F2N7O3. The van der Waals surface area contributed by atoms with E-state index in [1.165, 1.54) is 23.0 Å². The van der Waals surface area contributed by atoms with Gasteiger partial charge in [-0.3, -0.25) is 9.48 Å². The van der Waals surface area contributed by atoms with Gasteiger partial charge in [-0.25, -0.2) is 18.7 Å². The number of anilines is 3. The van der Waals surface area contributed by atoms with Crippen molar-refractivity contribution in [2.75, 3.05) is 36.9 Å². The van der Waals surface area contributed by atoms with Crippen molar-refractivity contribution in [2.24, 2.45) is 5.41 Å². The molecule has 0 aliphatic rings. The third kappa shape index (κ3) is 7.20. The summed E-state index contributed by atoms with van der Waals surface area (Å²) >= 11 is 0. The van der Waals surface area contributed by atoms with Crippen LogP contribution in [0.5, 0.6) is 5.75 Å². The Morgan fingerprint density at radius 3 is 2.84 bits per heavy atom. The predicted molar refractivity (Wildman–Crippen MR) is 139 cm³/mol. The van der Waals surface area contributed by atoms with E-state index in [4.69, 9.17) is 4.74 Å². The molecule has 2 aromatic heterocycles. The first kappa shape index (κ1) is 26.9. The molecule has 0 unspecified atom stereocenters. The number of amides is 1. The van der Waals surface area contributed by atoms with Gasteiger partial charge in [0.25, 0.3) is 0 Å². The van der Waals surface area contributed by atoms with Crippen LogP contribution in [0.1, 0.15) is 13.8 Å². The number of rotatable bonds is 12. The molecule has 0 saturated carbocycles. The van der Waals surface area contributed by atoms with Gasteiger partial charge in [-0.2, -0.15) is 5.10 Å². The van der Waals surface area contributed by atoms with Crippen molar-refractivity contribution in [1.29, 1.82) is 0 Å². The molecule has 38 heavy (non-hydrogen) atoms. The largest absolute Gasteiger partial charge is 0.492 e. The number of nitrogens with one attached hydrogen (secondary N) is 3. The van der Waals surface area contributed by atoms with Gasteiger partial charge in [0.2, 0.25) is 11.9 Å². The molecule has 4 aromatic rings. The molecule has 12 heteroatoms. The van der Waals surface area contributed by atoms with E-state index in [0.29, 0.717) is 42.6 Å². The molecule has 0 aliphatic carbocycles. The van der Waals surface area contributed by atoms with Gasteiger partial charge in [-0.1, -0.05) is 19.9 Å². The van der Waals surface area contributed by atoms with E-state index in [0.717, 1.165) is 11.5 Å². The molecule has 0 bridgehead atoms. The maximum Gasteiger partial charge on any atom is 0.246 e. The van der Waals surface area contributed by atoms with Crippen LogP contribution < -0.4 is 20.7 Å². The second-order valence-corrected chi connectivity index (χ2v) is 9.46. The Morgan fingerprint density at radius 1 is 1.18 bits per heavy atom. The van der Waals surface area contributed by atoms with Crippen LogP contribution >= 0.6 is 0 Å². The number of hydrogen-bond donors (Lipinski definition) is 4. The highest BCUT2D eigenvalue weighted by molar-refractivity contribution is 5.90. The van der Waals surface area contributed by atoms with E-state index >= 15 is 0 Å². The fraction of sp³-hybridized carbons (Fsp3) is 0.308. The van der Waals surface area contributed by atoms with Gasteiger partial charge < -0.3 is 25.8 Å². The Bertz CT molecular complexity index is 1410. The molecule has 0 atom stereocenters. The van der Waals surface area contributed by atoms with E-state index in [9.17, 15) is 18.7 Å². The maximum atomic E-state index is 13.8. The van der Waals surface area contributed by atoms with Gasteiger partial charge >= 0.3 is 0 Å². The zero-order valence-electron chi connectivity index (χ0n) is 21.0. The third-order valence-corrected chi connectivity index (χ3v) is 5.55. The van der Waals surface area contributed by atoms with E-state index < -0.39 is 17.5 Å². The average molecular weight is 526 g/mol. The molecule has 0 radical (unpaired) electrons. The monoisotopic (exact) mass is 525 g/mol. The lowest BCUT2D eigenvalue weighted by Gasteiger charge is -2.21. The van der Waals surface area contributed by atoms with E-state index in [1.54, 1.807) is 12.4 Å². The first-order valence-corrected chi connectivity index (χ1v) is 12.0. The zero-order chi connectivity index (χ0) is 27.1. The number of aromatic nitrogens is 4. The lowest BCUT2D eigenvalue weighted by atomic mass is 9.95. The van der Waals surface area contributed by atoms with Crippen molar-refractivity contribution in [3.05, 3.63) is 66.6 Å². The normalized spacial score (nSPS) is 11.5. The van der Waals surface area contributed by atoms with Gasteiger partial charge in [0.05, 0.1) is 23.1 Å². The summed E-state index contributed by atoms with van der Waals surface area (Å²) in [5.74, 6) is -1.74. The number of aliphatic hydroxyl groups is 1. The molecule has 4 rings (SSSR count). The second-order valence-electron chi connectivity index (χ2n) is 9.46. The Morgan fingerprint density at radius 2 is 2.03 bits per heavy atom. The SMILES string of the molecule is CC(C)(CO)CNCCOc1ccc2cnc(Nc3cnn(CC(=O)Nc4cccc(F)c4F)c3)nc2c1. The molecule has 1 amide bonds. The van der Waals surface area contributed by atoms with Crippen LogP contribution in [0.2, 0.25) is 0 Å². The average Bonchev–Trinajstić information content (AvgIpc) is 3.32. The summed E-state index contributed by atoms with van der Waals surface area (Å²) in [6, 6.07) is 9.09. The van der Waals surface area contributed by atoms with Crippen molar-refractivity contribution in [3.8, 4) is 5.75 Å². The van der Waals surface area contributed by atoms with E-state index in [1.807, 2.05) is 32.0 Å². The molecule has 200 valence electrons. The van der Waals surface area contributed by atoms with Gasteiger partial charge in [-0.15, -0.1) is 0 Å². The first-order chi connectivity index (χ1) is 18.2. The Labute approximate surface area is 218 Å². The number of ether oxygens (including phenoxy) is 1. The van der Waals surface area contributed by atoms with Crippen molar-refractivity contribution >= 4 is 34.1 Å². The fourth-order valence-corrected chi connectivity index (χ4v) is 3.46. The molecule has 0 saturated heterocycles. The van der Waals surface area contributed by atoms with Crippen LogP contribution in [-0.2, 0) is 11.3 Å². The molecule has 0 fully saturated rings.